The topological polar surface area (TPSA) is 124 Å². The number of nitrogens with one attached hydrogen (secondary N) is 3. The number of rotatable bonds is 4. The number of carbonyl (C=O) groups excluding carboxylic acids is 2. The fourth-order valence-electron chi connectivity index (χ4n) is 5.15. The van der Waals surface area contributed by atoms with E-state index in [1.54, 1.807) is 28.9 Å². The van der Waals surface area contributed by atoms with Crippen molar-refractivity contribution >= 4 is 64.1 Å². The molecule has 2 aromatic heterocycles. The number of likely N-dealkylation sites (tertiary alicyclic amines) is 1. The first-order valence-electron chi connectivity index (χ1n) is 12.9. The summed E-state index contributed by atoms with van der Waals surface area (Å²) in [7, 11) is 0. The molecule has 200 valence electrons. The van der Waals surface area contributed by atoms with E-state index in [0.717, 1.165) is 48.3 Å². The molecule has 3 aromatic rings. The Balaban J connectivity index is 1.17. The van der Waals surface area contributed by atoms with Gasteiger partial charge in [-0.2, -0.15) is 4.98 Å². The molecule has 0 radical (unpaired) electrons. The number of thiazole rings is 1. The summed E-state index contributed by atoms with van der Waals surface area (Å²) in [4.78, 5) is 44.9. The molecule has 0 spiro atoms. The predicted octanol–water partition coefficient (Wildman–Crippen LogP) is 5.11. The van der Waals surface area contributed by atoms with Gasteiger partial charge < -0.3 is 20.9 Å². The average molecular weight is 563 g/mol. The molecule has 0 aliphatic carbocycles. The predicted molar refractivity (Wildman–Crippen MR) is 153 cm³/mol. The SMILES string of the molecule is O=C(C[C@@H]1CCN(C(=O)c2nccs2)C1)Nc1ccc2cc1CCC1C=NC=C(C1)Nc1ncc(Cl)c(n1)N2. The van der Waals surface area contributed by atoms with Crippen LogP contribution in [0.25, 0.3) is 0 Å². The second-order valence-electron chi connectivity index (χ2n) is 9.96. The molecule has 0 saturated carbocycles. The summed E-state index contributed by atoms with van der Waals surface area (Å²) < 4.78 is 0. The molecular formula is C27H27ClN8O2S. The number of aryl methyl sites for hydroxylation is 1. The van der Waals surface area contributed by atoms with Crippen LogP contribution in [0.1, 0.15) is 41.0 Å². The Kier molecular flexibility index (Phi) is 7.25. The largest absolute Gasteiger partial charge is 0.339 e. The summed E-state index contributed by atoms with van der Waals surface area (Å²) in [6.45, 7) is 1.21. The number of anilines is 4. The van der Waals surface area contributed by atoms with E-state index < -0.39 is 0 Å². The second kappa shape index (κ2) is 11.1. The number of hydrogen-bond acceptors (Lipinski definition) is 9. The zero-order chi connectivity index (χ0) is 26.8. The zero-order valence-corrected chi connectivity index (χ0v) is 22.6. The number of aromatic nitrogens is 3. The van der Waals surface area contributed by atoms with Crippen LogP contribution in [-0.4, -0.2) is 51.0 Å². The standard InChI is InChI=1S/C27H27ClN8O2S/c28-21-14-31-27-33-20-9-16(12-29-13-20)1-2-18-11-19(32-24(21)35-27)3-4-22(18)34-23(37)10-17-5-7-36(15-17)26(38)25-30-6-8-39-25/h3-4,6,8,11-14,16-17H,1-2,5,7,9-10,15H2,(H,34,37)(H2,31,32,33,35)/t16?,17-/m0/s1. The van der Waals surface area contributed by atoms with E-state index >= 15 is 0 Å². The quantitative estimate of drug-likeness (QED) is 0.403. The third-order valence-corrected chi connectivity index (χ3v) is 8.15. The lowest BCUT2D eigenvalue weighted by Crippen LogP contribution is -2.29. The van der Waals surface area contributed by atoms with Gasteiger partial charge in [-0.25, -0.2) is 9.97 Å². The van der Waals surface area contributed by atoms with Crippen molar-refractivity contribution < 1.29 is 9.59 Å². The van der Waals surface area contributed by atoms with Crippen molar-refractivity contribution in [3.63, 3.8) is 0 Å². The zero-order valence-electron chi connectivity index (χ0n) is 21.1. The molecule has 39 heavy (non-hydrogen) atoms. The van der Waals surface area contributed by atoms with Gasteiger partial charge >= 0.3 is 0 Å². The van der Waals surface area contributed by atoms with E-state index in [-0.39, 0.29) is 23.7 Å². The Morgan fingerprint density at radius 1 is 1.21 bits per heavy atom. The number of amides is 2. The van der Waals surface area contributed by atoms with Crippen LogP contribution in [0.2, 0.25) is 5.02 Å². The van der Waals surface area contributed by atoms with Crippen molar-refractivity contribution in [1.29, 1.82) is 0 Å². The second-order valence-corrected chi connectivity index (χ2v) is 11.3. The molecular weight excluding hydrogens is 536 g/mol. The van der Waals surface area contributed by atoms with E-state index in [1.165, 1.54) is 11.3 Å². The van der Waals surface area contributed by atoms with Gasteiger partial charge in [0, 0.05) is 66.5 Å². The van der Waals surface area contributed by atoms with E-state index in [1.807, 2.05) is 24.4 Å². The van der Waals surface area contributed by atoms with Crippen LogP contribution >= 0.6 is 22.9 Å². The van der Waals surface area contributed by atoms with Crippen LogP contribution in [0.5, 0.6) is 0 Å². The summed E-state index contributed by atoms with van der Waals surface area (Å²) in [6, 6.07) is 5.84. The molecule has 12 heteroatoms. The van der Waals surface area contributed by atoms with Gasteiger partial charge in [-0.3, -0.25) is 14.6 Å². The number of benzene rings is 1. The summed E-state index contributed by atoms with van der Waals surface area (Å²) in [6.07, 6.45) is 10.5. The maximum Gasteiger partial charge on any atom is 0.282 e. The molecule has 3 N–H and O–H groups in total. The fraction of sp³-hybridized carbons (Fsp3) is 0.333. The Labute approximate surface area is 234 Å². The third kappa shape index (κ3) is 5.94. The number of halogens is 1. The minimum atomic E-state index is -0.0578. The normalized spacial score (nSPS) is 20.0. The van der Waals surface area contributed by atoms with E-state index in [4.69, 9.17) is 11.6 Å². The summed E-state index contributed by atoms with van der Waals surface area (Å²) in [5.41, 5.74) is 3.55. The van der Waals surface area contributed by atoms with Crippen molar-refractivity contribution in [2.75, 3.05) is 29.0 Å². The van der Waals surface area contributed by atoms with Gasteiger partial charge in [0.05, 0.1) is 6.20 Å². The molecule has 2 amide bonds. The van der Waals surface area contributed by atoms with Crippen molar-refractivity contribution in [3.05, 3.63) is 63.5 Å². The lowest BCUT2D eigenvalue weighted by molar-refractivity contribution is -0.117. The molecule has 1 saturated heterocycles. The van der Waals surface area contributed by atoms with E-state index in [9.17, 15) is 9.59 Å². The molecule has 3 aliphatic heterocycles. The van der Waals surface area contributed by atoms with Crippen LogP contribution in [0.4, 0.5) is 23.1 Å². The maximum atomic E-state index is 13.1. The summed E-state index contributed by atoms with van der Waals surface area (Å²) in [5.74, 6) is 1.19. The van der Waals surface area contributed by atoms with Crippen molar-refractivity contribution in [1.82, 2.24) is 19.9 Å². The van der Waals surface area contributed by atoms with Crippen LogP contribution < -0.4 is 16.0 Å². The van der Waals surface area contributed by atoms with Gasteiger partial charge in [-0.15, -0.1) is 11.3 Å². The maximum absolute atomic E-state index is 13.1. The lowest BCUT2D eigenvalue weighted by Gasteiger charge is -2.19. The highest BCUT2D eigenvalue weighted by molar-refractivity contribution is 7.11. The van der Waals surface area contributed by atoms with Crippen molar-refractivity contribution in [2.24, 2.45) is 16.8 Å². The first-order chi connectivity index (χ1) is 19.0. The smallest absolute Gasteiger partial charge is 0.282 e. The Morgan fingerprint density at radius 3 is 3.00 bits per heavy atom. The molecule has 1 fully saturated rings. The van der Waals surface area contributed by atoms with Crippen molar-refractivity contribution in [2.45, 2.75) is 32.1 Å². The number of carbonyl (C=O) groups is 2. The molecule has 10 nitrogen and oxygen atoms in total. The minimum Gasteiger partial charge on any atom is -0.339 e. The third-order valence-electron chi connectivity index (χ3n) is 7.11. The molecule has 6 bridgehead atoms. The monoisotopic (exact) mass is 562 g/mol. The van der Waals surface area contributed by atoms with Crippen LogP contribution in [0.3, 0.4) is 0 Å². The number of aliphatic imine (C=N–C) groups is 1. The highest BCUT2D eigenvalue weighted by Gasteiger charge is 2.29. The van der Waals surface area contributed by atoms with Crippen LogP contribution in [-0.2, 0) is 11.2 Å². The van der Waals surface area contributed by atoms with Gasteiger partial charge in [0.1, 0.15) is 5.02 Å². The number of hydrogen-bond donors (Lipinski definition) is 3. The van der Waals surface area contributed by atoms with Crippen molar-refractivity contribution in [3.8, 4) is 0 Å². The number of allylic oxidation sites excluding steroid dienone is 1. The molecule has 3 aliphatic rings. The van der Waals surface area contributed by atoms with Gasteiger partial charge in [-0.05, 0) is 55.4 Å². The van der Waals surface area contributed by atoms with Gasteiger partial charge in [0.15, 0.2) is 10.8 Å². The van der Waals surface area contributed by atoms with Gasteiger partial charge in [0.25, 0.3) is 5.91 Å². The molecule has 2 atom stereocenters. The Hall–Kier alpha value is -3.83. The first kappa shape index (κ1) is 25.4. The molecule has 5 heterocycles. The van der Waals surface area contributed by atoms with Crippen LogP contribution in [0.15, 0.2) is 52.9 Å². The Bertz CT molecular complexity index is 1460. The van der Waals surface area contributed by atoms with Gasteiger partial charge in [-0.1, -0.05) is 11.6 Å². The Morgan fingerprint density at radius 2 is 2.13 bits per heavy atom. The molecule has 1 unspecified atom stereocenters. The van der Waals surface area contributed by atoms with Gasteiger partial charge in [0.2, 0.25) is 11.9 Å². The highest BCUT2D eigenvalue weighted by Crippen LogP contribution is 2.31. The highest BCUT2D eigenvalue weighted by atomic mass is 35.5. The number of fused-ring (bicyclic) bond motifs is 6. The van der Waals surface area contributed by atoms with Crippen LogP contribution in [0, 0.1) is 11.8 Å². The average Bonchev–Trinajstić information content (AvgIpc) is 3.63. The minimum absolute atomic E-state index is 0.0550. The summed E-state index contributed by atoms with van der Waals surface area (Å²) in [5, 5.41) is 12.4. The lowest BCUT2D eigenvalue weighted by atomic mass is 9.94. The molecule has 1 aromatic carbocycles. The van der Waals surface area contributed by atoms with E-state index in [2.05, 4.69) is 35.9 Å². The fourth-order valence-corrected chi connectivity index (χ4v) is 5.89. The first-order valence-corrected chi connectivity index (χ1v) is 14.2. The molecule has 6 rings (SSSR count). The number of nitrogens with zero attached hydrogens (tertiary/aromatic N) is 5. The van der Waals surface area contributed by atoms with E-state index in [0.29, 0.717) is 41.3 Å². The summed E-state index contributed by atoms with van der Waals surface area (Å²) >= 11 is 7.71.